The second-order valence-corrected chi connectivity index (χ2v) is 8.50. The summed E-state index contributed by atoms with van der Waals surface area (Å²) in [6.07, 6.45) is -0.0201. The Morgan fingerprint density at radius 2 is 1.95 bits per heavy atom. The smallest absolute Gasteiger partial charge is 0.416 e. The molecule has 0 saturated carbocycles. The van der Waals surface area contributed by atoms with Gasteiger partial charge in [0.25, 0.3) is 5.91 Å². The normalized spacial score (nSPS) is 11.9. The maximum absolute atomic E-state index is 13.1. The molecule has 0 unspecified atom stereocenters. The van der Waals surface area contributed by atoms with Crippen molar-refractivity contribution in [1.29, 1.82) is 0 Å². The fourth-order valence-corrected chi connectivity index (χ4v) is 4.13. The Balaban J connectivity index is 1.70. The molecule has 0 fully saturated rings. The summed E-state index contributed by atoms with van der Waals surface area (Å²) in [5.41, 5.74) is -0.365. The second kappa shape index (κ2) is 10.4. The van der Waals surface area contributed by atoms with Gasteiger partial charge in [-0.05, 0) is 43.3 Å². The largest absolute Gasteiger partial charge is 0.458 e. The third-order valence-corrected chi connectivity index (χ3v) is 5.63. The van der Waals surface area contributed by atoms with Gasteiger partial charge in [0.1, 0.15) is 5.69 Å². The Bertz CT molecular complexity index is 1490. The molecule has 2 aromatic heterocycles. The molecule has 4 rings (SSSR count). The zero-order valence-electron chi connectivity index (χ0n) is 19.1. The Hall–Kier alpha value is -4.19. The topological polar surface area (TPSA) is 64.9 Å². The minimum Gasteiger partial charge on any atom is -0.458 e. The van der Waals surface area contributed by atoms with Crippen LogP contribution in [0.1, 0.15) is 34.2 Å². The van der Waals surface area contributed by atoms with Crippen molar-refractivity contribution in [3.63, 3.8) is 0 Å². The first-order chi connectivity index (χ1) is 17.5. The van der Waals surface area contributed by atoms with Crippen LogP contribution in [0.5, 0.6) is 11.5 Å². The van der Waals surface area contributed by atoms with Gasteiger partial charge < -0.3 is 14.8 Å². The van der Waals surface area contributed by atoms with Crippen molar-refractivity contribution in [2.24, 2.45) is 0 Å². The first-order valence-corrected chi connectivity index (χ1v) is 11.4. The number of halogens is 5. The number of nitrogens with one attached hydrogen (secondary N) is 1. The number of anilines is 1. The van der Waals surface area contributed by atoms with E-state index in [2.05, 4.69) is 21.6 Å². The molecule has 1 amide bonds. The number of para-hydroxylation sites is 1. The van der Waals surface area contributed by atoms with Crippen LogP contribution in [0.2, 0.25) is 0 Å². The molecule has 0 aliphatic rings. The molecule has 37 heavy (non-hydrogen) atoms. The Labute approximate surface area is 211 Å². The second-order valence-electron chi connectivity index (χ2n) is 7.62. The van der Waals surface area contributed by atoms with Gasteiger partial charge in [-0.1, -0.05) is 24.8 Å². The number of hydrogen-bond donors (Lipinski definition) is 1. The van der Waals surface area contributed by atoms with E-state index in [-0.39, 0.29) is 34.3 Å². The van der Waals surface area contributed by atoms with Crippen LogP contribution in [0.25, 0.3) is 17.1 Å². The SMILES string of the molecule is C=C(C)Oc1c(C=Cc2nc3sccn3c2C(=O)Nc2cccc(C(F)(F)F)c2)cccc1OC(F)F. The standard InChI is InChI=1S/C25H18F5N3O3S/c1-14(2)35-21-15(5-3-8-19(21)36-23(26)27)9-10-18-20(33-11-12-37-24(33)32-18)22(34)31-17-7-4-6-16(13-17)25(28,29)30/h3-13,23H,1H2,2H3,(H,31,34). The average molecular weight is 535 g/mol. The summed E-state index contributed by atoms with van der Waals surface area (Å²) in [7, 11) is 0. The van der Waals surface area contributed by atoms with Crippen molar-refractivity contribution in [3.8, 4) is 11.5 Å². The molecule has 12 heteroatoms. The Morgan fingerprint density at radius 3 is 2.65 bits per heavy atom. The van der Waals surface area contributed by atoms with Gasteiger partial charge in [0, 0.05) is 22.8 Å². The predicted molar refractivity (Wildman–Crippen MR) is 130 cm³/mol. The number of rotatable bonds is 8. The van der Waals surface area contributed by atoms with E-state index in [4.69, 9.17) is 4.74 Å². The monoisotopic (exact) mass is 535 g/mol. The predicted octanol–water partition coefficient (Wildman–Crippen LogP) is 7.35. The zero-order valence-corrected chi connectivity index (χ0v) is 19.9. The minimum absolute atomic E-state index is 0.0115. The van der Waals surface area contributed by atoms with E-state index in [0.717, 1.165) is 12.1 Å². The number of allylic oxidation sites excluding steroid dienone is 1. The number of ether oxygens (including phenoxy) is 2. The van der Waals surface area contributed by atoms with Crippen LogP contribution in [0.3, 0.4) is 0 Å². The zero-order chi connectivity index (χ0) is 26.7. The number of aromatic nitrogens is 2. The lowest BCUT2D eigenvalue weighted by atomic mass is 10.1. The van der Waals surface area contributed by atoms with Crippen LogP contribution in [-0.4, -0.2) is 21.9 Å². The number of nitrogens with zero attached hydrogens (tertiary/aromatic N) is 2. The first-order valence-electron chi connectivity index (χ1n) is 10.6. The molecule has 0 aliphatic heterocycles. The summed E-state index contributed by atoms with van der Waals surface area (Å²) >= 11 is 1.24. The van der Waals surface area contributed by atoms with E-state index >= 15 is 0 Å². The highest BCUT2D eigenvalue weighted by Gasteiger charge is 2.30. The van der Waals surface area contributed by atoms with Crippen molar-refractivity contribution in [2.75, 3.05) is 5.32 Å². The van der Waals surface area contributed by atoms with Gasteiger partial charge >= 0.3 is 12.8 Å². The van der Waals surface area contributed by atoms with Gasteiger partial charge in [-0.2, -0.15) is 22.0 Å². The summed E-state index contributed by atoms with van der Waals surface area (Å²) in [6, 6.07) is 8.62. The molecule has 6 nitrogen and oxygen atoms in total. The highest BCUT2D eigenvalue weighted by molar-refractivity contribution is 7.15. The molecule has 0 aliphatic carbocycles. The number of carbonyl (C=O) groups excluding carboxylic acids is 1. The number of benzene rings is 2. The summed E-state index contributed by atoms with van der Waals surface area (Å²) < 4.78 is 76.5. The van der Waals surface area contributed by atoms with Gasteiger partial charge in [-0.3, -0.25) is 9.20 Å². The Morgan fingerprint density at radius 1 is 1.19 bits per heavy atom. The third-order valence-electron chi connectivity index (χ3n) is 4.87. The van der Waals surface area contributed by atoms with Crippen molar-refractivity contribution >= 4 is 40.0 Å². The maximum Gasteiger partial charge on any atom is 0.416 e. The number of alkyl halides is 5. The molecule has 192 valence electrons. The molecular formula is C25H18F5N3O3S. The number of hydrogen-bond acceptors (Lipinski definition) is 5. The number of imidazole rings is 1. The van der Waals surface area contributed by atoms with E-state index in [1.165, 1.54) is 59.1 Å². The lowest BCUT2D eigenvalue weighted by molar-refractivity contribution is -0.137. The van der Waals surface area contributed by atoms with Crippen LogP contribution in [-0.2, 0) is 6.18 Å². The summed E-state index contributed by atoms with van der Waals surface area (Å²) in [4.78, 5) is 18.0. The fourth-order valence-electron chi connectivity index (χ4n) is 3.41. The van der Waals surface area contributed by atoms with E-state index in [1.807, 2.05) is 0 Å². The molecule has 0 spiro atoms. The summed E-state index contributed by atoms with van der Waals surface area (Å²) in [5.74, 6) is -0.697. The van der Waals surface area contributed by atoms with Crippen LogP contribution >= 0.6 is 11.3 Å². The highest BCUT2D eigenvalue weighted by atomic mass is 32.1. The molecule has 2 aromatic carbocycles. The number of fused-ring (bicyclic) bond motifs is 1. The van der Waals surface area contributed by atoms with Crippen LogP contribution in [0, 0.1) is 0 Å². The van der Waals surface area contributed by atoms with Crippen molar-refractivity contribution < 1.29 is 36.2 Å². The molecule has 1 N–H and O–H groups in total. The van der Waals surface area contributed by atoms with Crippen LogP contribution in [0.15, 0.2) is 66.4 Å². The van der Waals surface area contributed by atoms with Gasteiger partial charge in [-0.15, -0.1) is 11.3 Å². The fraction of sp³-hybridized carbons (Fsp3) is 0.120. The maximum atomic E-state index is 13.1. The summed E-state index contributed by atoms with van der Waals surface area (Å²) in [5, 5.41) is 4.17. The quantitative estimate of drug-likeness (QED) is 0.189. The number of amides is 1. The third kappa shape index (κ3) is 5.97. The molecule has 0 radical (unpaired) electrons. The minimum atomic E-state index is -4.57. The lowest BCUT2D eigenvalue weighted by Gasteiger charge is -2.14. The van der Waals surface area contributed by atoms with Gasteiger partial charge in [-0.25, -0.2) is 4.98 Å². The first kappa shape index (κ1) is 25.9. The van der Waals surface area contributed by atoms with Crippen molar-refractivity contribution in [2.45, 2.75) is 19.7 Å². The Kier molecular flexibility index (Phi) is 7.30. The highest BCUT2D eigenvalue weighted by Crippen LogP contribution is 2.35. The lowest BCUT2D eigenvalue weighted by Crippen LogP contribution is -2.16. The van der Waals surface area contributed by atoms with E-state index in [9.17, 15) is 26.7 Å². The van der Waals surface area contributed by atoms with Crippen molar-refractivity contribution in [1.82, 2.24) is 9.38 Å². The summed E-state index contributed by atoms with van der Waals surface area (Å²) in [6.45, 7) is 2.07. The average Bonchev–Trinajstić information content (AvgIpc) is 3.39. The van der Waals surface area contributed by atoms with E-state index in [1.54, 1.807) is 17.6 Å². The van der Waals surface area contributed by atoms with Crippen LogP contribution < -0.4 is 14.8 Å². The molecular weight excluding hydrogens is 517 g/mol. The molecule has 2 heterocycles. The van der Waals surface area contributed by atoms with Crippen LogP contribution in [0.4, 0.5) is 27.6 Å². The molecule has 0 atom stereocenters. The molecule has 0 bridgehead atoms. The van der Waals surface area contributed by atoms with E-state index in [0.29, 0.717) is 10.5 Å². The molecule has 4 aromatic rings. The number of thiazole rings is 1. The van der Waals surface area contributed by atoms with Gasteiger partial charge in [0.15, 0.2) is 16.5 Å². The van der Waals surface area contributed by atoms with Crippen molar-refractivity contribution in [3.05, 3.63) is 88.9 Å². The molecule has 0 saturated heterocycles. The van der Waals surface area contributed by atoms with Gasteiger partial charge in [0.05, 0.1) is 17.0 Å². The van der Waals surface area contributed by atoms with Gasteiger partial charge in [0.2, 0.25) is 0 Å². The number of carbonyl (C=O) groups is 1. The van der Waals surface area contributed by atoms with E-state index < -0.39 is 24.3 Å².